The highest BCUT2D eigenvalue weighted by Crippen LogP contribution is 2.11. The lowest BCUT2D eigenvalue weighted by Crippen LogP contribution is -2.23. The number of unbranched alkanes of at least 4 members (excludes halogenated alkanes) is 3. The van der Waals surface area contributed by atoms with E-state index in [0.29, 0.717) is 6.04 Å². The van der Waals surface area contributed by atoms with Crippen LogP contribution in [0.15, 0.2) is 11.6 Å². The number of nitrogens with one attached hydrogen (secondary N) is 1. The standard InChI is InChI=1S/C14H29N/c1-5-7-8-9-10-13(3)11-12-14(6-2)15-4/h11,14-15H,5-10,12H2,1-4H3/b13-11-. The molecule has 0 aliphatic heterocycles. The van der Waals surface area contributed by atoms with Crippen molar-refractivity contribution in [2.75, 3.05) is 7.05 Å². The Hall–Kier alpha value is -0.300. The summed E-state index contributed by atoms with van der Waals surface area (Å²) in [4.78, 5) is 0. The molecule has 1 N–H and O–H groups in total. The molecule has 0 spiro atoms. The molecule has 1 heteroatoms. The molecule has 1 unspecified atom stereocenters. The zero-order valence-corrected chi connectivity index (χ0v) is 11.1. The summed E-state index contributed by atoms with van der Waals surface area (Å²) in [6.45, 7) is 6.78. The van der Waals surface area contributed by atoms with Gasteiger partial charge in [0.25, 0.3) is 0 Å². The summed E-state index contributed by atoms with van der Waals surface area (Å²) < 4.78 is 0. The first-order valence-corrected chi connectivity index (χ1v) is 6.57. The second kappa shape index (κ2) is 10.2. The summed E-state index contributed by atoms with van der Waals surface area (Å²) in [6, 6.07) is 0.663. The van der Waals surface area contributed by atoms with Gasteiger partial charge in [-0.3, -0.25) is 0 Å². The van der Waals surface area contributed by atoms with E-state index < -0.39 is 0 Å². The molecule has 0 aromatic rings. The normalized spacial score (nSPS) is 14.3. The smallest absolute Gasteiger partial charge is 0.00960 e. The van der Waals surface area contributed by atoms with Crippen LogP contribution >= 0.6 is 0 Å². The van der Waals surface area contributed by atoms with Crippen molar-refractivity contribution in [3.05, 3.63) is 11.6 Å². The average Bonchev–Trinajstić information content (AvgIpc) is 2.26. The van der Waals surface area contributed by atoms with Crippen LogP contribution in [0.5, 0.6) is 0 Å². The van der Waals surface area contributed by atoms with Crippen molar-refractivity contribution in [1.29, 1.82) is 0 Å². The van der Waals surface area contributed by atoms with E-state index in [4.69, 9.17) is 0 Å². The van der Waals surface area contributed by atoms with Crippen molar-refractivity contribution in [1.82, 2.24) is 5.32 Å². The van der Waals surface area contributed by atoms with Crippen LogP contribution in [0.1, 0.15) is 65.7 Å². The molecule has 1 nitrogen and oxygen atoms in total. The Morgan fingerprint density at radius 3 is 2.47 bits per heavy atom. The first kappa shape index (κ1) is 14.7. The highest BCUT2D eigenvalue weighted by atomic mass is 14.9. The minimum atomic E-state index is 0.663. The number of allylic oxidation sites excluding steroid dienone is 1. The third-order valence-corrected chi connectivity index (χ3v) is 3.08. The molecule has 90 valence electrons. The van der Waals surface area contributed by atoms with Gasteiger partial charge < -0.3 is 5.32 Å². The predicted molar refractivity (Wildman–Crippen MR) is 70.3 cm³/mol. The summed E-state index contributed by atoms with van der Waals surface area (Å²) in [5.74, 6) is 0. The second-order valence-electron chi connectivity index (χ2n) is 4.49. The lowest BCUT2D eigenvalue weighted by atomic mass is 10.0. The molecular weight excluding hydrogens is 182 g/mol. The van der Waals surface area contributed by atoms with E-state index in [0.717, 1.165) is 0 Å². The van der Waals surface area contributed by atoms with Crippen LogP contribution in [-0.4, -0.2) is 13.1 Å². The van der Waals surface area contributed by atoms with Crippen LogP contribution in [0, 0.1) is 0 Å². The van der Waals surface area contributed by atoms with Gasteiger partial charge in [0.15, 0.2) is 0 Å². The molecule has 0 amide bonds. The average molecular weight is 211 g/mol. The third-order valence-electron chi connectivity index (χ3n) is 3.08. The molecule has 0 aliphatic carbocycles. The molecule has 0 radical (unpaired) electrons. The van der Waals surface area contributed by atoms with Crippen molar-refractivity contribution in [3.8, 4) is 0 Å². The van der Waals surface area contributed by atoms with Gasteiger partial charge in [-0.05, 0) is 39.7 Å². The third kappa shape index (κ3) is 8.68. The maximum absolute atomic E-state index is 3.34. The van der Waals surface area contributed by atoms with E-state index in [2.05, 4.69) is 39.2 Å². The van der Waals surface area contributed by atoms with Gasteiger partial charge in [-0.15, -0.1) is 0 Å². The van der Waals surface area contributed by atoms with Gasteiger partial charge in [0.05, 0.1) is 0 Å². The summed E-state index contributed by atoms with van der Waals surface area (Å²) in [7, 11) is 2.05. The Morgan fingerprint density at radius 1 is 1.20 bits per heavy atom. The number of rotatable bonds is 9. The second-order valence-corrected chi connectivity index (χ2v) is 4.49. The minimum Gasteiger partial charge on any atom is -0.317 e. The molecule has 15 heavy (non-hydrogen) atoms. The fourth-order valence-electron chi connectivity index (χ4n) is 1.76. The number of hydrogen-bond acceptors (Lipinski definition) is 1. The van der Waals surface area contributed by atoms with E-state index in [9.17, 15) is 0 Å². The van der Waals surface area contributed by atoms with Gasteiger partial charge in [0.2, 0.25) is 0 Å². The van der Waals surface area contributed by atoms with Crippen LogP contribution in [0.4, 0.5) is 0 Å². The Balaban J connectivity index is 3.59. The fourth-order valence-corrected chi connectivity index (χ4v) is 1.76. The summed E-state index contributed by atoms with van der Waals surface area (Å²) in [5, 5.41) is 3.34. The molecule has 0 aliphatic rings. The van der Waals surface area contributed by atoms with Crippen molar-refractivity contribution in [2.45, 2.75) is 71.8 Å². The molecule has 0 saturated carbocycles. The summed E-state index contributed by atoms with van der Waals surface area (Å²) >= 11 is 0. The van der Waals surface area contributed by atoms with Crippen molar-refractivity contribution in [3.63, 3.8) is 0 Å². The van der Waals surface area contributed by atoms with Crippen LogP contribution < -0.4 is 5.32 Å². The zero-order valence-electron chi connectivity index (χ0n) is 11.1. The van der Waals surface area contributed by atoms with Gasteiger partial charge >= 0.3 is 0 Å². The van der Waals surface area contributed by atoms with Crippen molar-refractivity contribution in [2.24, 2.45) is 0 Å². The first-order chi connectivity index (χ1) is 7.24. The van der Waals surface area contributed by atoms with Crippen molar-refractivity contribution < 1.29 is 0 Å². The van der Waals surface area contributed by atoms with Crippen LogP contribution in [0.25, 0.3) is 0 Å². The van der Waals surface area contributed by atoms with Gasteiger partial charge in [0.1, 0.15) is 0 Å². The van der Waals surface area contributed by atoms with E-state index in [1.807, 2.05) is 0 Å². The summed E-state index contributed by atoms with van der Waals surface area (Å²) in [6.07, 6.45) is 11.6. The highest BCUT2D eigenvalue weighted by molar-refractivity contribution is 4.99. The first-order valence-electron chi connectivity index (χ1n) is 6.57. The van der Waals surface area contributed by atoms with Gasteiger partial charge in [-0.2, -0.15) is 0 Å². The van der Waals surface area contributed by atoms with Gasteiger partial charge in [-0.1, -0.05) is 44.8 Å². The Morgan fingerprint density at radius 2 is 1.93 bits per heavy atom. The predicted octanol–water partition coefficient (Wildman–Crippen LogP) is 4.29. The fraction of sp³-hybridized carbons (Fsp3) is 0.857. The largest absolute Gasteiger partial charge is 0.317 e. The molecule has 0 bridgehead atoms. The molecule has 0 rings (SSSR count). The van der Waals surface area contributed by atoms with E-state index in [1.165, 1.54) is 44.9 Å². The lowest BCUT2D eigenvalue weighted by Gasteiger charge is -2.11. The lowest BCUT2D eigenvalue weighted by molar-refractivity contribution is 0.550. The molecular formula is C14H29N. The Bertz CT molecular complexity index is 157. The Kier molecular flexibility index (Phi) is 10.0. The molecule has 0 fully saturated rings. The van der Waals surface area contributed by atoms with E-state index in [-0.39, 0.29) is 0 Å². The highest BCUT2D eigenvalue weighted by Gasteiger charge is 1.99. The summed E-state index contributed by atoms with van der Waals surface area (Å²) in [5.41, 5.74) is 1.57. The SMILES string of the molecule is CCCCCC/C(C)=C\CC(CC)NC. The zero-order chi connectivity index (χ0) is 11.5. The van der Waals surface area contributed by atoms with Gasteiger partial charge in [0, 0.05) is 6.04 Å². The van der Waals surface area contributed by atoms with Crippen LogP contribution in [0.3, 0.4) is 0 Å². The van der Waals surface area contributed by atoms with Crippen molar-refractivity contribution >= 4 is 0 Å². The monoisotopic (exact) mass is 211 g/mol. The molecule has 0 heterocycles. The maximum atomic E-state index is 3.34. The quantitative estimate of drug-likeness (QED) is 0.443. The molecule has 0 aromatic heterocycles. The topological polar surface area (TPSA) is 12.0 Å². The maximum Gasteiger partial charge on any atom is 0.00960 e. The van der Waals surface area contributed by atoms with E-state index in [1.54, 1.807) is 5.57 Å². The van der Waals surface area contributed by atoms with Crippen LogP contribution in [0.2, 0.25) is 0 Å². The minimum absolute atomic E-state index is 0.663. The van der Waals surface area contributed by atoms with Gasteiger partial charge in [-0.25, -0.2) is 0 Å². The Labute approximate surface area is 96.3 Å². The number of hydrogen-bond donors (Lipinski definition) is 1. The van der Waals surface area contributed by atoms with E-state index >= 15 is 0 Å². The molecule has 0 aromatic carbocycles. The van der Waals surface area contributed by atoms with Crippen LogP contribution in [-0.2, 0) is 0 Å². The molecule has 0 saturated heterocycles. The molecule has 1 atom stereocenters.